The smallest absolute Gasteiger partial charge is 0.336 e. The maximum Gasteiger partial charge on any atom is 0.336 e. The molecule has 2 aromatic heterocycles. The molecule has 2 aromatic carbocycles. The molecule has 4 aromatic rings. The molecule has 0 saturated heterocycles. The molecule has 4 nitrogen and oxygen atoms in total. The van der Waals surface area contributed by atoms with Crippen LogP contribution in [0.2, 0.25) is 0 Å². The van der Waals surface area contributed by atoms with Crippen LogP contribution in [0.1, 0.15) is 11.1 Å². The first-order valence-electron chi connectivity index (χ1n) is 7.21. The van der Waals surface area contributed by atoms with E-state index in [-0.39, 0.29) is 5.63 Å². The summed E-state index contributed by atoms with van der Waals surface area (Å²) in [6.45, 7) is 2.02. The normalized spacial score (nSPS) is 11.3. The predicted octanol–water partition coefficient (Wildman–Crippen LogP) is 4.53. The molecule has 0 atom stereocenters. The Kier molecular flexibility index (Phi) is 3.42. The minimum atomic E-state index is -0.338. The Morgan fingerprint density at radius 3 is 2.78 bits per heavy atom. The number of rotatable bonds is 3. The van der Waals surface area contributed by atoms with Crippen LogP contribution < -0.4 is 5.63 Å². The van der Waals surface area contributed by atoms with Crippen LogP contribution in [0.5, 0.6) is 0 Å². The number of nitrogens with zero attached hydrogens (tertiary/aromatic N) is 1. The molecule has 0 spiro atoms. The fourth-order valence-electron chi connectivity index (χ4n) is 2.51. The van der Waals surface area contributed by atoms with Gasteiger partial charge in [-0.15, -0.1) is 0 Å². The van der Waals surface area contributed by atoms with E-state index in [9.17, 15) is 4.79 Å². The number of hydrogen-bond donors (Lipinski definition) is 0. The van der Waals surface area contributed by atoms with Crippen molar-refractivity contribution in [3.05, 3.63) is 70.1 Å². The summed E-state index contributed by atoms with van der Waals surface area (Å²) < 4.78 is 11.0. The van der Waals surface area contributed by atoms with E-state index >= 15 is 0 Å². The molecule has 0 aliphatic carbocycles. The maximum atomic E-state index is 11.7. The highest BCUT2D eigenvalue weighted by molar-refractivity contribution is 7.98. The van der Waals surface area contributed by atoms with Crippen LogP contribution in [0.3, 0.4) is 0 Å². The Balaban J connectivity index is 1.69. The van der Waals surface area contributed by atoms with Crippen molar-refractivity contribution in [2.75, 3.05) is 0 Å². The lowest BCUT2D eigenvalue weighted by Crippen LogP contribution is -2.00. The fraction of sp³-hybridized carbons (Fsp3) is 0.111. The number of oxazole rings is 1. The van der Waals surface area contributed by atoms with E-state index in [1.165, 1.54) is 17.8 Å². The van der Waals surface area contributed by atoms with Crippen molar-refractivity contribution in [2.45, 2.75) is 17.9 Å². The first kappa shape index (κ1) is 14.1. The quantitative estimate of drug-likeness (QED) is 0.409. The van der Waals surface area contributed by atoms with Gasteiger partial charge in [0.2, 0.25) is 0 Å². The van der Waals surface area contributed by atoms with Crippen LogP contribution >= 0.6 is 11.8 Å². The van der Waals surface area contributed by atoms with E-state index in [4.69, 9.17) is 8.83 Å². The summed E-state index contributed by atoms with van der Waals surface area (Å²) in [4.78, 5) is 16.2. The number of para-hydroxylation sites is 2. The standard InChI is InChI=1S/C18H13NO3S/c1-11-6-7-15-13(8-11)12(9-17(20)21-15)10-23-18-19-14-4-2-3-5-16(14)22-18/h2-9H,10H2,1H3. The molecule has 0 amide bonds. The van der Waals surface area contributed by atoms with Crippen molar-refractivity contribution in [1.82, 2.24) is 4.98 Å². The summed E-state index contributed by atoms with van der Waals surface area (Å²) in [7, 11) is 0. The fourth-order valence-corrected chi connectivity index (χ4v) is 3.34. The molecule has 114 valence electrons. The zero-order chi connectivity index (χ0) is 15.8. The van der Waals surface area contributed by atoms with Gasteiger partial charge in [-0.1, -0.05) is 35.5 Å². The van der Waals surface area contributed by atoms with Crippen molar-refractivity contribution in [3.8, 4) is 0 Å². The number of fused-ring (bicyclic) bond motifs is 2. The Labute approximate surface area is 136 Å². The van der Waals surface area contributed by atoms with E-state index in [1.54, 1.807) is 0 Å². The van der Waals surface area contributed by atoms with E-state index in [0.717, 1.165) is 27.6 Å². The minimum absolute atomic E-state index is 0.338. The molecule has 23 heavy (non-hydrogen) atoms. The third-order valence-corrected chi connectivity index (χ3v) is 4.49. The third kappa shape index (κ3) is 2.75. The van der Waals surface area contributed by atoms with Crippen molar-refractivity contribution < 1.29 is 8.83 Å². The SMILES string of the molecule is Cc1ccc2oc(=O)cc(CSc3nc4ccccc4o3)c2c1. The summed E-state index contributed by atoms with van der Waals surface area (Å²) >= 11 is 1.47. The summed E-state index contributed by atoms with van der Waals surface area (Å²) in [5, 5.41) is 1.55. The molecule has 0 aliphatic heterocycles. The van der Waals surface area contributed by atoms with Gasteiger partial charge in [-0.05, 0) is 36.8 Å². The van der Waals surface area contributed by atoms with Gasteiger partial charge < -0.3 is 8.83 Å². The molecule has 0 aliphatic rings. The van der Waals surface area contributed by atoms with Gasteiger partial charge in [-0.2, -0.15) is 0 Å². The molecule has 0 saturated carbocycles. The Morgan fingerprint density at radius 1 is 1.04 bits per heavy atom. The Morgan fingerprint density at radius 2 is 1.91 bits per heavy atom. The Hall–Kier alpha value is -2.53. The lowest BCUT2D eigenvalue weighted by Gasteiger charge is -2.04. The van der Waals surface area contributed by atoms with Crippen LogP contribution in [-0.4, -0.2) is 4.98 Å². The van der Waals surface area contributed by atoms with Gasteiger partial charge in [-0.25, -0.2) is 9.78 Å². The van der Waals surface area contributed by atoms with Crippen molar-refractivity contribution in [2.24, 2.45) is 0 Å². The highest BCUT2D eigenvalue weighted by atomic mass is 32.2. The number of benzene rings is 2. The molecule has 5 heteroatoms. The second-order valence-corrected chi connectivity index (χ2v) is 6.25. The van der Waals surface area contributed by atoms with Crippen LogP contribution in [0.25, 0.3) is 22.1 Å². The average Bonchev–Trinajstić information content (AvgIpc) is 2.96. The third-order valence-electron chi connectivity index (χ3n) is 3.61. The molecule has 0 radical (unpaired) electrons. The minimum Gasteiger partial charge on any atom is -0.431 e. The van der Waals surface area contributed by atoms with E-state index in [0.29, 0.717) is 16.6 Å². The van der Waals surface area contributed by atoms with Crippen molar-refractivity contribution >= 4 is 33.8 Å². The van der Waals surface area contributed by atoms with Gasteiger partial charge in [-0.3, -0.25) is 0 Å². The van der Waals surface area contributed by atoms with Gasteiger partial charge in [0, 0.05) is 17.2 Å². The highest BCUT2D eigenvalue weighted by Crippen LogP contribution is 2.28. The average molecular weight is 323 g/mol. The van der Waals surface area contributed by atoms with Crippen molar-refractivity contribution in [1.29, 1.82) is 0 Å². The van der Waals surface area contributed by atoms with Gasteiger partial charge in [0.15, 0.2) is 5.58 Å². The van der Waals surface area contributed by atoms with E-state index in [1.807, 2.05) is 49.4 Å². The Bertz CT molecular complexity index is 1030. The first-order chi connectivity index (χ1) is 11.2. The lowest BCUT2D eigenvalue weighted by atomic mass is 10.1. The molecule has 0 fully saturated rings. The zero-order valence-electron chi connectivity index (χ0n) is 12.4. The van der Waals surface area contributed by atoms with Crippen LogP contribution in [0.15, 0.2) is 67.4 Å². The summed E-state index contributed by atoms with van der Waals surface area (Å²) in [5.41, 5.74) is 3.92. The number of hydrogen-bond acceptors (Lipinski definition) is 5. The topological polar surface area (TPSA) is 56.2 Å². The van der Waals surface area contributed by atoms with Gasteiger partial charge in [0.25, 0.3) is 5.22 Å². The van der Waals surface area contributed by atoms with Crippen LogP contribution in [0.4, 0.5) is 0 Å². The maximum absolute atomic E-state index is 11.7. The molecule has 4 rings (SSSR count). The summed E-state index contributed by atoms with van der Waals surface area (Å²) in [6.07, 6.45) is 0. The molecule has 2 heterocycles. The number of thioether (sulfide) groups is 1. The van der Waals surface area contributed by atoms with Gasteiger partial charge in [0.1, 0.15) is 11.1 Å². The molecular formula is C18H13NO3S. The van der Waals surface area contributed by atoms with Crippen LogP contribution in [0, 0.1) is 6.92 Å². The second kappa shape index (κ2) is 5.59. The predicted molar refractivity (Wildman–Crippen MR) is 90.8 cm³/mol. The molecule has 0 unspecified atom stereocenters. The zero-order valence-corrected chi connectivity index (χ0v) is 13.2. The number of aromatic nitrogens is 1. The lowest BCUT2D eigenvalue weighted by molar-refractivity contribution is 0.489. The first-order valence-corrected chi connectivity index (χ1v) is 8.19. The van der Waals surface area contributed by atoms with Crippen LogP contribution in [-0.2, 0) is 5.75 Å². The van der Waals surface area contributed by atoms with Gasteiger partial charge in [0.05, 0.1) is 0 Å². The van der Waals surface area contributed by atoms with E-state index < -0.39 is 0 Å². The molecule has 0 bridgehead atoms. The van der Waals surface area contributed by atoms with E-state index in [2.05, 4.69) is 4.98 Å². The van der Waals surface area contributed by atoms with Gasteiger partial charge >= 0.3 is 5.63 Å². The summed E-state index contributed by atoms with van der Waals surface area (Å²) in [5.74, 6) is 0.596. The largest absolute Gasteiger partial charge is 0.431 e. The summed E-state index contributed by atoms with van der Waals surface area (Å²) in [6, 6.07) is 15.0. The second-order valence-electron chi connectivity index (χ2n) is 5.33. The monoisotopic (exact) mass is 323 g/mol. The highest BCUT2D eigenvalue weighted by Gasteiger charge is 2.10. The molecular weight excluding hydrogens is 310 g/mol. The number of aryl methyl sites for hydroxylation is 1. The van der Waals surface area contributed by atoms with Crippen molar-refractivity contribution in [3.63, 3.8) is 0 Å². The molecule has 0 N–H and O–H groups in total.